The van der Waals surface area contributed by atoms with Gasteiger partial charge in [0.05, 0.1) is 12.1 Å². The fourth-order valence-electron chi connectivity index (χ4n) is 3.98. The van der Waals surface area contributed by atoms with Crippen LogP contribution >= 0.6 is 0 Å². The molecule has 30 heavy (non-hydrogen) atoms. The number of rotatable bonds is 2. The maximum atomic E-state index is 11.8. The van der Waals surface area contributed by atoms with E-state index in [9.17, 15) is 9.59 Å². The second kappa shape index (κ2) is 10.1. The first kappa shape index (κ1) is 21.7. The molecule has 160 valence electrons. The van der Waals surface area contributed by atoms with Crippen LogP contribution in [0.2, 0.25) is 0 Å². The van der Waals surface area contributed by atoms with E-state index in [1.54, 1.807) is 4.90 Å². The van der Waals surface area contributed by atoms with Gasteiger partial charge in [-0.2, -0.15) is 0 Å². The third-order valence-electron chi connectivity index (χ3n) is 5.50. The Labute approximate surface area is 178 Å². The molecule has 2 aromatic rings. The van der Waals surface area contributed by atoms with E-state index in [4.69, 9.17) is 4.74 Å². The minimum atomic E-state index is -0.367. The number of benzene rings is 2. The molecule has 2 N–H and O–H groups in total. The Bertz CT molecular complexity index is 852. The number of likely N-dealkylation sites (tertiary alicyclic amines) is 1. The monoisotopic (exact) mass is 409 g/mol. The van der Waals surface area contributed by atoms with Gasteiger partial charge < -0.3 is 20.3 Å². The van der Waals surface area contributed by atoms with Crippen LogP contribution in [0.1, 0.15) is 31.7 Å². The summed E-state index contributed by atoms with van der Waals surface area (Å²) in [5, 5.41) is 5.67. The van der Waals surface area contributed by atoms with Crippen molar-refractivity contribution in [2.24, 2.45) is 0 Å². The van der Waals surface area contributed by atoms with Gasteiger partial charge in [0.25, 0.3) is 0 Å². The first-order chi connectivity index (χ1) is 14.5. The first-order valence-corrected chi connectivity index (χ1v) is 10.6. The summed E-state index contributed by atoms with van der Waals surface area (Å²) < 4.78 is 4.88. The molecule has 4 rings (SSSR count). The fourth-order valence-corrected chi connectivity index (χ4v) is 3.98. The lowest BCUT2D eigenvalue weighted by Crippen LogP contribution is -2.63. The van der Waals surface area contributed by atoms with Crippen molar-refractivity contribution >= 4 is 12.1 Å². The molecule has 0 saturated carbocycles. The SMILES string of the molecule is CCNC(=O)N1CCCC2(CCOC(=O)N2)C1.Cc1cccc(-c2ccccc2)c1. The lowest BCUT2D eigenvalue weighted by Gasteiger charge is -2.44. The molecule has 2 aromatic carbocycles. The van der Waals surface area contributed by atoms with Gasteiger partial charge in [0, 0.05) is 26.1 Å². The number of carbonyl (C=O) groups excluding carboxylic acids is 2. The standard InChI is InChI=1S/C13H12.C11H19N3O3/c1-11-6-5-9-13(10-11)12-7-3-2-4-8-12;1-2-12-9(15)14-6-3-4-11(8-14)5-7-17-10(16)13-11/h2-10H,1H3;2-8H2,1H3,(H,12,15)(H,13,16). The maximum Gasteiger partial charge on any atom is 0.407 e. The number of aryl methyl sites for hydroxylation is 1. The maximum absolute atomic E-state index is 11.8. The molecule has 2 aliphatic heterocycles. The zero-order valence-electron chi connectivity index (χ0n) is 17.8. The third kappa shape index (κ3) is 5.75. The number of carbonyl (C=O) groups is 2. The highest BCUT2D eigenvalue weighted by Gasteiger charge is 2.41. The highest BCUT2D eigenvalue weighted by molar-refractivity contribution is 5.75. The second-order valence-electron chi connectivity index (χ2n) is 7.89. The second-order valence-corrected chi connectivity index (χ2v) is 7.89. The molecule has 0 aliphatic carbocycles. The van der Waals surface area contributed by atoms with E-state index < -0.39 is 0 Å². The molecule has 2 aliphatic rings. The van der Waals surface area contributed by atoms with Gasteiger partial charge in [0.2, 0.25) is 0 Å². The Morgan fingerprint density at radius 2 is 1.90 bits per heavy atom. The molecule has 1 unspecified atom stereocenters. The number of amides is 3. The Kier molecular flexibility index (Phi) is 7.33. The van der Waals surface area contributed by atoms with Gasteiger partial charge in [-0.05, 0) is 37.8 Å². The summed E-state index contributed by atoms with van der Waals surface area (Å²) in [5.41, 5.74) is 3.60. The van der Waals surface area contributed by atoms with Crippen molar-refractivity contribution in [3.05, 3.63) is 60.2 Å². The molecule has 6 nitrogen and oxygen atoms in total. The molecule has 2 saturated heterocycles. The topological polar surface area (TPSA) is 70.7 Å². The van der Waals surface area contributed by atoms with Crippen LogP contribution in [0, 0.1) is 6.92 Å². The minimum Gasteiger partial charge on any atom is -0.449 e. The molecular formula is C24H31N3O3. The van der Waals surface area contributed by atoms with Gasteiger partial charge in [0.15, 0.2) is 0 Å². The quantitative estimate of drug-likeness (QED) is 0.775. The van der Waals surface area contributed by atoms with E-state index >= 15 is 0 Å². The molecule has 2 heterocycles. The van der Waals surface area contributed by atoms with Crippen LogP contribution in [0.3, 0.4) is 0 Å². The number of piperidine rings is 1. The fraction of sp³-hybridized carbons (Fsp3) is 0.417. The summed E-state index contributed by atoms with van der Waals surface area (Å²) in [7, 11) is 0. The normalized spacial score (nSPS) is 20.5. The minimum absolute atomic E-state index is 0.0488. The highest BCUT2D eigenvalue weighted by atomic mass is 16.6. The van der Waals surface area contributed by atoms with Crippen molar-refractivity contribution in [3.8, 4) is 11.1 Å². The van der Waals surface area contributed by atoms with Gasteiger partial charge in [-0.15, -0.1) is 0 Å². The van der Waals surface area contributed by atoms with Crippen molar-refractivity contribution in [3.63, 3.8) is 0 Å². The largest absolute Gasteiger partial charge is 0.449 e. The molecule has 0 radical (unpaired) electrons. The molecule has 0 aromatic heterocycles. The number of hydrogen-bond acceptors (Lipinski definition) is 3. The van der Waals surface area contributed by atoms with Crippen LogP contribution in [0.4, 0.5) is 9.59 Å². The predicted octanol–water partition coefficient (Wildman–Crippen LogP) is 4.34. The van der Waals surface area contributed by atoms with E-state index in [0.29, 0.717) is 19.7 Å². The predicted molar refractivity (Wildman–Crippen MR) is 118 cm³/mol. The number of ether oxygens (including phenoxy) is 1. The summed E-state index contributed by atoms with van der Waals surface area (Å²) in [6.45, 7) is 6.41. The van der Waals surface area contributed by atoms with E-state index in [1.165, 1.54) is 16.7 Å². The van der Waals surface area contributed by atoms with Gasteiger partial charge >= 0.3 is 12.1 Å². The van der Waals surface area contributed by atoms with Crippen molar-refractivity contribution < 1.29 is 14.3 Å². The zero-order chi connectivity index (χ0) is 21.4. The van der Waals surface area contributed by atoms with Crippen LogP contribution in [-0.4, -0.2) is 48.8 Å². The van der Waals surface area contributed by atoms with Crippen LogP contribution < -0.4 is 10.6 Å². The summed E-state index contributed by atoms with van der Waals surface area (Å²) >= 11 is 0. The van der Waals surface area contributed by atoms with Gasteiger partial charge in [-0.25, -0.2) is 9.59 Å². The molecule has 1 atom stereocenters. The Morgan fingerprint density at radius 1 is 1.13 bits per heavy atom. The van der Waals surface area contributed by atoms with E-state index in [-0.39, 0.29) is 17.7 Å². The Balaban J connectivity index is 0.000000177. The van der Waals surface area contributed by atoms with Crippen LogP contribution in [0.5, 0.6) is 0 Å². The highest BCUT2D eigenvalue weighted by Crippen LogP contribution is 2.27. The average Bonchev–Trinajstić information content (AvgIpc) is 2.75. The summed E-state index contributed by atoms with van der Waals surface area (Å²) in [4.78, 5) is 24.8. The zero-order valence-corrected chi connectivity index (χ0v) is 17.8. The Morgan fingerprint density at radius 3 is 2.60 bits per heavy atom. The lowest BCUT2D eigenvalue weighted by molar-refractivity contribution is 0.0539. The lowest BCUT2D eigenvalue weighted by atomic mass is 9.85. The first-order valence-electron chi connectivity index (χ1n) is 10.6. The Hall–Kier alpha value is -3.02. The number of cyclic esters (lactones) is 1. The van der Waals surface area contributed by atoms with E-state index in [0.717, 1.165) is 25.8 Å². The van der Waals surface area contributed by atoms with Crippen molar-refractivity contribution in [2.75, 3.05) is 26.2 Å². The van der Waals surface area contributed by atoms with Crippen LogP contribution in [0.15, 0.2) is 54.6 Å². The number of nitrogens with one attached hydrogen (secondary N) is 2. The van der Waals surface area contributed by atoms with E-state index in [2.05, 4.69) is 66.1 Å². The van der Waals surface area contributed by atoms with Gasteiger partial charge in [0.1, 0.15) is 0 Å². The smallest absolute Gasteiger partial charge is 0.407 e. The molecule has 0 bridgehead atoms. The van der Waals surface area contributed by atoms with E-state index in [1.807, 2.05) is 13.0 Å². The van der Waals surface area contributed by atoms with Crippen molar-refractivity contribution in [2.45, 2.75) is 38.6 Å². The van der Waals surface area contributed by atoms with Crippen molar-refractivity contribution in [1.82, 2.24) is 15.5 Å². The number of urea groups is 1. The van der Waals surface area contributed by atoms with Gasteiger partial charge in [-0.1, -0.05) is 60.2 Å². The van der Waals surface area contributed by atoms with Crippen LogP contribution in [0.25, 0.3) is 11.1 Å². The molecule has 1 spiro atoms. The average molecular weight is 410 g/mol. The summed E-state index contributed by atoms with van der Waals surface area (Å²) in [6.07, 6.45) is 2.23. The van der Waals surface area contributed by atoms with Crippen LogP contribution in [-0.2, 0) is 4.74 Å². The molecular weight excluding hydrogens is 378 g/mol. The van der Waals surface area contributed by atoms with Crippen molar-refractivity contribution in [1.29, 1.82) is 0 Å². The summed E-state index contributed by atoms with van der Waals surface area (Å²) in [5.74, 6) is 0. The molecule has 6 heteroatoms. The molecule has 3 amide bonds. The van der Waals surface area contributed by atoms with Gasteiger partial charge in [-0.3, -0.25) is 0 Å². The summed E-state index contributed by atoms with van der Waals surface area (Å²) in [6, 6.07) is 19.0. The number of nitrogens with zero attached hydrogens (tertiary/aromatic N) is 1. The third-order valence-corrected chi connectivity index (χ3v) is 5.50. The number of hydrogen-bond donors (Lipinski definition) is 2. The molecule has 2 fully saturated rings. The number of alkyl carbamates (subject to hydrolysis) is 1.